The lowest BCUT2D eigenvalue weighted by atomic mass is 9.86. The third-order valence-corrected chi connectivity index (χ3v) is 3.52. The maximum absolute atomic E-state index is 5.91. The van der Waals surface area contributed by atoms with Gasteiger partial charge in [-0.2, -0.15) is 0 Å². The number of ether oxygens (including phenoxy) is 2. The molecule has 0 bridgehead atoms. The van der Waals surface area contributed by atoms with Crippen molar-refractivity contribution < 1.29 is 9.47 Å². The molecule has 2 rings (SSSR count). The van der Waals surface area contributed by atoms with E-state index in [1.807, 2.05) is 0 Å². The van der Waals surface area contributed by atoms with Crippen molar-refractivity contribution in [3.05, 3.63) is 11.8 Å². The van der Waals surface area contributed by atoms with Gasteiger partial charge in [0.2, 0.25) is 0 Å². The van der Waals surface area contributed by atoms with E-state index in [1.165, 1.54) is 6.42 Å². The van der Waals surface area contributed by atoms with E-state index < -0.39 is 0 Å². The minimum atomic E-state index is -0.226. The third kappa shape index (κ3) is 2.39. The lowest BCUT2D eigenvalue weighted by molar-refractivity contribution is -0.0910. The van der Waals surface area contributed by atoms with Crippen LogP contribution in [0.1, 0.15) is 39.0 Å². The summed E-state index contributed by atoms with van der Waals surface area (Å²) in [6, 6.07) is -0.0203. The molecule has 0 amide bonds. The molecule has 0 spiro atoms. The first-order valence-electron chi connectivity index (χ1n) is 6.19. The molecule has 2 aliphatic heterocycles. The summed E-state index contributed by atoms with van der Waals surface area (Å²) in [5.41, 5.74) is 2.64. The van der Waals surface area contributed by atoms with Gasteiger partial charge in [-0.05, 0) is 45.1 Å². The first-order chi connectivity index (χ1) is 7.76. The van der Waals surface area contributed by atoms with E-state index in [-0.39, 0.29) is 11.6 Å². The van der Waals surface area contributed by atoms with Crippen molar-refractivity contribution in [3.8, 4) is 0 Å². The van der Waals surface area contributed by atoms with Gasteiger partial charge in [0.25, 0.3) is 0 Å². The van der Waals surface area contributed by atoms with E-state index in [4.69, 9.17) is 15.3 Å². The van der Waals surface area contributed by atoms with E-state index in [9.17, 15) is 0 Å². The molecule has 0 radical (unpaired) electrons. The van der Waals surface area contributed by atoms with Crippen LogP contribution < -0.4 is 11.3 Å². The van der Waals surface area contributed by atoms with Gasteiger partial charge in [0.15, 0.2) is 0 Å². The molecule has 0 aromatic heterocycles. The normalized spacial score (nSPS) is 32.8. The van der Waals surface area contributed by atoms with Gasteiger partial charge in [0, 0.05) is 6.61 Å². The molecule has 0 aliphatic carbocycles. The highest BCUT2D eigenvalue weighted by atomic mass is 16.5. The highest BCUT2D eigenvalue weighted by Crippen LogP contribution is 2.32. The van der Waals surface area contributed by atoms with Crippen molar-refractivity contribution in [2.75, 3.05) is 13.2 Å². The molecule has 4 nitrogen and oxygen atoms in total. The van der Waals surface area contributed by atoms with E-state index >= 15 is 0 Å². The topological polar surface area (TPSA) is 56.5 Å². The predicted molar refractivity (Wildman–Crippen MR) is 62.6 cm³/mol. The zero-order valence-corrected chi connectivity index (χ0v) is 10.00. The van der Waals surface area contributed by atoms with Crippen molar-refractivity contribution in [2.24, 2.45) is 5.84 Å². The average molecular weight is 226 g/mol. The number of hydrazine groups is 1. The maximum atomic E-state index is 5.91. The largest absolute Gasteiger partial charge is 0.496 e. The number of allylic oxidation sites excluding steroid dienone is 1. The van der Waals surface area contributed by atoms with Crippen LogP contribution in [0.25, 0.3) is 0 Å². The zero-order chi connectivity index (χ0) is 11.4. The SMILES string of the molecule is CC1(C(NN)C2=CCCCO2)CCCCO1. The lowest BCUT2D eigenvalue weighted by Gasteiger charge is -2.41. The summed E-state index contributed by atoms with van der Waals surface area (Å²) >= 11 is 0. The minimum absolute atomic E-state index is 0.0203. The Morgan fingerprint density at radius 3 is 2.81 bits per heavy atom. The Balaban J connectivity index is 2.10. The lowest BCUT2D eigenvalue weighted by Crippen LogP contribution is -2.56. The van der Waals surface area contributed by atoms with Gasteiger partial charge in [-0.25, -0.2) is 5.43 Å². The smallest absolute Gasteiger partial charge is 0.113 e. The number of hydrogen-bond acceptors (Lipinski definition) is 4. The molecular weight excluding hydrogens is 204 g/mol. The molecule has 2 unspecified atom stereocenters. The van der Waals surface area contributed by atoms with Gasteiger partial charge < -0.3 is 9.47 Å². The molecule has 2 heterocycles. The van der Waals surface area contributed by atoms with Gasteiger partial charge in [-0.3, -0.25) is 5.84 Å². The fourth-order valence-electron chi connectivity index (χ4n) is 2.52. The van der Waals surface area contributed by atoms with Crippen LogP contribution >= 0.6 is 0 Å². The number of nitrogens with two attached hydrogens (primary N) is 1. The Bertz CT molecular complexity index is 260. The van der Waals surface area contributed by atoms with Crippen molar-refractivity contribution in [3.63, 3.8) is 0 Å². The highest BCUT2D eigenvalue weighted by molar-refractivity contribution is 5.12. The van der Waals surface area contributed by atoms with Crippen molar-refractivity contribution >= 4 is 0 Å². The average Bonchev–Trinajstić information content (AvgIpc) is 2.32. The molecule has 2 atom stereocenters. The first kappa shape index (κ1) is 11.9. The molecule has 1 saturated heterocycles. The van der Waals surface area contributed by atoms with Crippen LogP contribution in [0.4, 0.5) is 0 Å². The quantitative estimate of drug-likeness (QED) is 0.565. The van der Waals surface area contributed by atoms with Gasteiger partial charge in [0.1, 0.15) is 11.8 Å². The molecule has 1 fully saturated rings. The van der Waals surface area contributed by atoms with Crippen LogP contribution in [0.5, 0.6) is 0 Å². The predicted octanol–water partition coefficient (Wildman–Crippen LogP) is 1.47. The summed E-state index contributed by atoms with van der Waals surface area (Å²) in [4.78, 5) is 0. The van der Waals surface area contributed by atoms with Crippen LogP contribution in [0.3, 0.4) is 0 Å². The Morgan fingerprint density at radius 2 is 2.25 bits per heavy atom. The molecular formula is C12H22N2O2. The van der Waals surface area contributed by atoms with Crippen LogP contribution in [0.2, 0.25) is 0 Å². The summed E-state index contributed by atoms with van der Waals surface area (Å²) in [5.74, 6) is 6.63. The number of nitrogens with one attached hydrogen (secondary N) is 1. The molecule has 16 heavy (non-hydrogen) atoms. The summed E-state index contributed by atoms with van der Waals surface area (Å²) in [7, 11) is 0. The standard InChI is InChI=1S/C12H22N2O2/c1-12(7-3-5-9-16-12)11(14-13)10-6-2-4-8-15-10/h6,11,14H,2-5,7-9,13H2,1H3. The van der Waals surface area contributed by atoms with Crippen molar-refractivity contribution in [1.82, 2.24) is 5.43 Å². The van der Waals surface area contributed by atoms with Gasteiger partial charge in [-0.1, -0.05) is 0 Å². The molecule has 0 aromatic carbocycles. The Kier molecular flexibility index (Phi) is 3.84. The summed E-state index contributed by atoms with van der Waals surface area (Å²) in [6.07, 6.45) is 7.68. The van der Waals surface area contributed by atoms with E-state index in [0.717, 1.165) is 44.7 Å². The Hall–Kier alpha value is -0.580. The molecule has 0 aromatic rings. The fraction of sp³-hybridized carbons (Fsp3) is 0.833. The zero-order valence-electron chi connectivity index (χ0n) is 10.00. The minimum Gasteiger partial charge on any atom is -0.496 e. The second kappa shape index (κ2) is 5.17. The Morgan fingerprint density at radius 1 is 1.38 bits per heavy atom. The van der Waals surface area contributed by atoms with E-state index in [2.05, 4.69) is 18.4 Å². The van der Waals surface area contributed by atoms with Crippen LogP contribution in [-0.2, 0) is 9.47 Å². The number of hydrogen-bond donors (Lipinski definition) is 2. The number of rotatable bonds is 3. The molecule has 3 N–H and O–H groups in total. The second-order valence-corrected chi connectivity index (χ2v) is 4.82. The second-order valence-electron chi connectivity index (χ2n) is 4.82. The summed E-state index contributed by atoms with van der Waals surface area (Å²) < 4.78 is 11.6. The molecule has 4 heteroatoms. The monoisotopic (exact) mass is 226 g/mol. The first-order valence-corrected chi connectivity index (χ1v) is 6.19. The van der Waals surface area contributed by atoms with Gasteiger partial charge >= 0.3 is 0 Å². The van der Waals surface area contributed by atoms with E-state index in [1.54, 1.807) is 0 Å². The summed E-state index contributed by atoms with van der Waals surface area (Å²) in [6.45, 7) is 3.73. The Labute approximate surface area is 97.1 Å². The molecule has 92 valence electrons. The van der Waals surface area contributed by atoms with Crippen molar-refractivity contribution in [2.45, 2.75) is 50.7 Å². The van der Waals surface area contributed by atoms with Crippen LogP contribution in [-0.4, -0.2) is 24.9 Å². The van der Waals surface area contributed by atoms with Gasteiger partial charge in [0.05, 0.1) is 12.2 Å². The highest BCUT2D eigenvalue weighted by Gasteiger charge is 2.39. The molecule has 0 saturated carbocycles. The molecule has 2 aliphatic rings. The fourth-order valence-corrected chi connectivity index (χ4v) is 2.52. The third-order valence-electron chi connectivity index (χ3n) is 3.52. The maximum Gasteiger partial charge on any atom is 0.113 e. The van der Waals surface area contributed by atoms with Crippen molar-refractivity contribution in [1.29, 1.82) is 0 Å². The van der Waals surface area contributed by atoms with Gasteiger partial charge in [-0.15, -0.1) is 0 Å². The van der Waals surface area contributed by atoms with Crippen LogP contribution in [0.15, 0.2) is 11.8 Å². The van der Waals surface area contributed by atoms with E-state index in [0.29, 0.717) is 0 Å². The summed E-state index contributed by atoms with van der Waals surface area (Å²) in [5, 5.41) is 0. The van der Waals surface area contributed by atoms with Crippen LogP contribution in [0, 0.1) is 0 Å².